The summed E-state index contributed by atoms with van der Waals surface area (Å²) in [6, 6.07) is 17.9. The van der Waals surface area contributed by atoms with Crippen LogP contribution in [0.15, 0.2) is 66.7 Å². The summed E-state index contributed by atoms with van der Waals surface area (Å²) >= 11 is 6.03. The number of hydrogen-bond donors (Lipinski definition) is 3. The van der Waals surface area contributed by atoms with Crippen molar-refractivity contribution >= 4 is 29.1 Å². The molecule has 4 aromatic rings. The average molecular weight is 510 g/mol. The van der Waals surface area contributed by atoms with Crippen LogP contribution in [0.5, 0.6) is 11.5 Å². The first-order valence-electron chi connectivity index (χ1n) is 11.1. The lowest BCUT2D eigenvalue weighted by Gasteiger charge is -2.11. The number of urea groups is 1. The summed E-state index contributed by atoms with van der Waals surface area (Å²) in [7, 11) is 3.15. The van der Waals surface area contributed by atoms with Crippen molar-refractivity contribution < 1.29 is 18.7 Å². The van der Waals surface area contributed by atoms with E-state index in [0.717, 1.165) is 5.56 Å². The van der Waals surface area contributed by atoms with Crippen LogP contribution in [-0.4, -0.2) is 36.6 Å². The fourth-order valence-electron chi connectivity index (χ4n) is 3.66. The van der Waals surface area contributed by atoms with Gasteiger partial charge in [0, 0.05) is 17.1 Å². The van der Waals surface area contributed by atoms with Crippen molar-refractivity contribution in [2.45, 2.75) is 6.42 Å². The molecule has 0 spiro atoms. The van der Waals surface area contributed by atoms with E-state index in [0.29, 0.717) is 52.1 Å². The molecular formula is C26H25ClFN5O3. The van der Waals surface area contributed by atoms with Crippen LogP contribution < -0.4 is 25.8 Å². The van der Waals surface area contributed by atoms with E-state index in [1.165, 1.54) is 16.8 Å². The van der Waals surface area contributed by atoms with Gasteiger partial charge in [0.05, 0.1) is 19.9 Å². The fourth-order valence-corrected chi connectivity index (χ4v) is 3.78. The van der Waals surface area contributed by atoms with Crippen LogP contribution in [0.2, 0.25) is 5.02 Å². The molecule has 0 saturated carbocycles. The number of hydrogen-bond acceptors (Lipinski definition) is 5. The van der Waals surface area contributed by atoms with E-state index < -0.39 is 6.03 Å². The Morgan fingerprint density at radius 2 is 1.72 bits per heavy atom. The zero-order valence-corrected chi connectivity index (χ0v) is 20.5. The molecule has 1 aromatic heterocycles. The smallest absolute Gasteiger partial charge is 0.319 e. The summed E-state index contributed by atoms with van der Waals surface area (Å²) in [5.41, 5.74) is 9.37. The van der Waals surface area contributed by atoms with Gasteiger partial charge in [-0.1, -0.05) is 29.8 Å². The maximum Gasteiger partial charge on any atom is 0.319 e. The topological polar surface area (TPSA) is 103 Å². The molecule has 36 heavy (non-hydrogen) atoms. The number of nitrogens with zero attached hydrogens (tertiary/aromatic N) is 2. The van der Waals surface area contributed by atoms with Crippen molar-refractivity contribution in [3.63, 3.8) is 0 Å². The van der Waals surface area contributed by atoms with Gasteiger partial charge in [0.25, 0.3) is 0 Å². The lowest BCUT2D eigenvalue weighted by molar-refractivity contribution is 0.252. The monoisotopic (exact) mass is 509 g/mol. The standard InChI is InChI=1S/C26H25ClFN5O3/c1-35-21-12-3-16(15-22(21)36-2)13-14-30-26(34)31-24-23(17-4-6-18(27)7-5-17)32-33(25(24)29)20-10-8-19(28)9-11-20/h3-12,15H,13-14,29H2,1-2H3,(H2,30,31,34). The number of benzene rings is 3. The van der Waals surface area contributed by atoms with Gasteiger partial charge in [-0.3, -0.25) is 0 Å². The Kier molecular flexibility index (Phi) is 7.60. The molecule has 0 aliphatic heterocycles. The van der Waals surface area contributed by atoms with Crippen molar-refractivity contribution in [2.75, 3.05) is 31.8 Å². The summed E-state index contributed by atoms with van der Waals surface area (Å²) in [4.78, 5) is 12.8. The molecule has 0 saturated heterocycles. The quantitative estimate of drug-likeness (QED) is 0.299. The number of carbonyl (C=O) groups is 1. The van der Waals surface area contributed by atoms with E-state index in [4.69, 9.17) is 26.8 Å². The predicted molar refractivity (Wildman–Crippen MR) is 139 cm³/mol. The summed E-state index contributed by atoms with van der Waals surface area (Å²) in [5.74, 6) is 1.07. The van der Waals surface area contributed by atoms with Crippen LogP contribution in [0.3, 0.4) is 0 Å². The van der Waals surface area contributed by atoms with Gasteiger partial charge in [-0.15, -0.1) is 0 Å². The van der Waals surface area contributed by atoms with Gasteiger partial charge >= 0.3 is 6.03 Å². The van der Waals surface area contributed by atoms with Crippen molar-refractivity contribution in [3.8, 4) is 28.4 Å². The Bertz CT molecular complexity index is 1360. The third-order valence-electron chi connectivity index (χ3n) is 5.50. The van der Waals surface area contributed by atoms with Gasteiger partial charge in [0.15, 0.2) is 17.3 Å². The highest BCUT2D eigenvalue weighted by atomic mass is 35.5. The van der Waals surface area contributed by atoms with Crippen LogP contribution in [0.25, 0.3) is 16.9 Å². The molecule has 3 aromatic carbocycles. The minimum atomic E-state index is -0.448. The number of rotatable bonds is 8. The Morgan fingerprint density at radius 1 is 1.03 bits per heavy atom. The van der Waals surface area contributed by atoms with E-state index in [-0.39, 0.29) is 11.6 Å². The largest absolute Gasteiger partial charge is 0.493 e. The van der Waals surface area contributed by atoms with Crippen LogP contribution in [0.1, 0.15) is 5.56 Å². The minimum absolute atomic E-state index is 0.196. The number of anilines is 2. The third-order valence-corrected chi connectivity index (χ3v) is 5.75. The first-order valence-corrected chi connectivity index (χ1v) is 11.4. The number of aromatic nitrogens is 2. The van der Waals surface area contributed by atoms with Crippen LogP contribution in [0.4, 0.5) is 20.7 Å². The first-order chi connectivity index (χ1) is 17.4. The number of nitrogens with two attached hydrogens (primary N) is 1. The molecule has 4 rings (SSSR count). The lowest BCUT2D eigenvalue weighted by Crippen LogP contribution is -2.30. The van der Waals surface area contributed by atoms with E-state index in [9.17, 15) is 9.18 Å². The lowest BCUT2D eigenvalue weighted by atomic mass is 10.1. The molecule has 186 valence electrons. The van der Waals surface area contributed by atoms with Crippen molar-refractivity contribution in [1.82, 2.24) is 15.1 Å². The molecular weight excluding hydrogens is 485 g/mol. The highest BCUT2D eigenvalue weighted by Gasteiger charge is 2.20. The molecule has 8 nitrogen and oxygen atoms in total. The maximum absolute atomic E-state index is 13.4. The van der Waals surface area contributed by atoms with E-state index in [1.807, 2.05) is 18.2 Å². The second-order valence-corrected chi connectivity index (χ2v) is 8.26. The maximum atomic E-state index is 13.4. The molecule has 0 radical (unpaired) electrons. The summed E-state index contributed by atoms with van der Waals surface area (Å²) < 4.78 is 25.5. The van der Waals surface area contributed by atoms with Crippen molar-refractivity contribution in [1.29, 1.82) is 0 Å². The molecule has 0 atom stereocenters. The van der Waals surface area contributed by atoms with Crippen LogP contribution >= 0.6 is 11.6 Å². The van der Waals surface area contributed by atoms with Gasteiger partial charge in [0.1, 0.15) is 17.2 Å². The van der Waals surface area contributed by atoms with Gasteiger partial charge in [-0.2, -0.15) is 5.10 Å². The van der Waals surface area contributed by atoms with Gasteiger partial charge < -0.3 is 25.8 Å². The summed E-state index contributed by atoms with van der Waals surface area (Å²) in [6.45, 7) is 0.365. The zero-order chi connectivity index (χ0) is 25.7. The molecule has 4 N–H and O–H groups in total. The van der Waals surface area contributed by atoms with E-state index in [2.05, 4.69) is 15.7 Å². The Balaban J connectivity index is 1.53. The zero-order valence-electron chi connectivity index (χ0n) is 19.7. The number of halogens is 2. The SMILES string of the molecule is COc1ccc(CCNC(=O)Nc2c(-c3ccc(Cl)cc3)nn(-c3ccc(F)cc3)c2N)cc1OC. The van der Waals surface area contributed by atoms with E-state index >= 15 is 0 Å². The number of methoxy groups -OCH3 is 2. The summed E-state index contributed by atoms with van der Waals surface area (Å²) in [6.07, 6.45) is 0.572. The van der Waals surface area contributed by atoms with E-state index in [1.54, 1.807) is 50.6 Å². The first kappa shape index (κ1) is 24.9. The number of ether oxygens (including phenoxy) is 2. The average Bonchev–Trinajstić information content (AvgIpc) is 3.20. The van der Waals surface area contributed by atoms with Gasteiger partial charge in [-0.05, 0) is 60.5 Å². The van der Waals surface area contributed by atoms with Crippen molar-refractivity contribution in [2.24, 2.45) is 0 Å². The Morgan fingerprint density at radius 3 is 2.39 bits per heavy atom. The molecule has 1 heterocycles. The molecule has 0 unspecified atom stereocenters. The molecule has 0 fully saturated rings. The fraction of sp³-hybridized carbons (Fsp3) is 0.154. The van der Waals surface area contributed by atoms with Crippen molar-refractivity contribution in [3.05, 3.63) is 83.1 Å². The second kappa shape index (κ2) is 11.0. The number of nitrogen functional groups attached to an aromatic ring is 1. The summed E-state index contributed by atoms with van der Waals surface area (Å²) in [5, 5.41) is 10.8. The molecule has 0 bridgehead atoms. The van der Waals surface area contributed by atoms with Crippen LogP contribution in [0, 0.1) is 5.82 Å². The molecule has 10 heteroatoms. The minimum Gasteiger partial charge on any atom is -0.493 e. The molecule has 0 aliphatic rings. The second-order valence-electron chi connectivity index (χ2n) is 7.82. The van der Waals surface area contributed by atoms with Gasteiger partial charge in [0.2, 0.25) is 0 Å². The Labute approximate surface area is 212 Å². The number of amides is 2. The highest BCUT2D eigenvalue weighted by molar-refractivity contribution is 6.30. The van der Waals surface area contributed by atoms with Gasteiger partial charge in [-0.25, -0.2) is 13.9 Å². The number of nitrogens with one attached hydrogen (secondary N) is 2. The third kappa shape index (κ3) is 5.52. The normalized spacial score (nSPS) is 10.7. The molecule has 2 amide bonds. The Hall–Kier alpha value is -4.24. The number of carbonyl (C=O) groups excluding carboxylic acids is 1. The van der Waals surface area contributed by atoms with Crippen LogP contribution in [-0.2, 0) is 6.42 Å². The predicted octanol–water partition coefficient (Wildman–Crippen LogP) is 5.30. The molecule has 0 aliphatic carbocycles. The highest BCUT2D eigenvalue weighted by Crippen LogP contribution is 2.34.